The van der Waals surface area contributed by atoms with Gasteiger partial charge in [0.05, 0.1) is 11.1 Å². The van der Waals surface area contributed by atoms with Crippen LogP contribution in [0.25, 0.3) is 0 Å². The van der Waals surface area contributed by atoms with E-state index in [1.165, 1.54) is 18.2 Å². The van der Waals surface area contributed by atoms with Gasteiger partial charge in [0.25, 0.3) is 0 Å². The van der Waals surface area contributed by atoms with Crippen molar-refractivity contribution < 1.29 is 17.9 Å². The van der Waals surface area contributed by atoms with Crippen LogP contribution >= 0.6 is 35.0 Å². The average molecular weight is 469 g/mol. The van der Waals surface area contributed by atoms with Gasteiger partial charge in [-0.05, 0) is 56.4 Å². The summed E-state index contributed by atoms with van der Waals surface area (Å²) in [5, 5.41) is 0.320. The molecule has 0 spiro atoms. The molecule has 0 radical (unpaired) electrons. The molecule has 1 heterocycles. The van der Waals surface area contributed by atoms with Crippen LogP contribution in [0.1, 0.15) is 26.2 Å². The highest BCUT2D eigenvalue weighted by molar-refractivity contribution is 7.98. The van der Waals surface area contributed by atoms with Gasteiger partial charge in [-0.2, -0.15) is 16.5 Å². The Morgan fingerprint density at radius 2 is 2.04 bits per heavy atom. The number of ether oxygens (including phenoxy) is 1. The van der Waals surface area contributed by atoms with E-state index < -0.39 is 16.1 Å². The second-order valence-electron chi connectivity index (χ2n) is 6.51. The zero-order valence-corrected chi connectivity index (χ0v) is 19.1. The molecule has 2 rings (SSSR count). The molecule has 1 unspecified atom stereocenters. The van der Waals surface area contributed by atoms with E-state index in [-0.39, 0.29) is 27.0 Å². The molecule has 10 heteroatoms. The van der Waals surface area contributed by atoms with E-state index >= 15 is 0 Å². The summed E-state index contributed by atoms with van der Waals surface area (Å²) in [6.45, 7) is 3.71. The van der Waals surface area contributed by atoms with Crippen LogP contribution in [0.15, 0.2) is 23.1 Å². The van der Waals surface area contributed by atoms with Gasteiger partial charge in [0.2, 0.25) is 15.9 Å². The van der Waals surface area contributed by atoms with Gasteiger partial charge in [0.1, 0.15) is 10.9 Å². The van der Waals surface area contributed by atoms with Crippen LogP contribution in [0.2, 0.25) is 10.0 Å². The summed E-state index contributed by atoms with van der Waals surface area (Å²) in [5.74, 6) is 0.433. The minimum Gasteiger partial charge on any atom is -0.378 e. The Labute approximate surface area is 181 Å². The third-order valence-corrected chi connectivity index (χ3v) is 7.38. The predicted molar refractivity (Wildman–Crippen MR) is 115 cm³/mol. The number of piperidine rings is 1. The van der Waals surface area contributed by atoms with Crippen molar-refractivity contribution in [1.29, 1.82) is 0 Å². The van der Waals surface area contributed by atoms with Crippen molar-refractivity contribution in [3.8, 4) is 0 Å². The smallest absolute Gasteiger partial charge is 0.242 e. The van der Waals surface area contributed by atoms with Crippen LogP contribution in [0, 0.1) is 0 Å². The van der Waals surface area contributed by atoms with E-state index in [2.05, 4.69) is 4.72 Å². The fraction of sp³-hybridized carbons (Fsp3) is 0.611. The quantitative estimate of drug-likeness (QED) is 0.600. The topological polar surface area (TPSA) is 75.7 Å². The predicted octanol–water partition coefficient (Wildman–Crippen LogP) is 3.42. The van der Waals surface area contributed by atoms with Gasteiger partial charge in [-0.25, -0.2) is 8.42 Å². The Bertz CT molecular complexity index is 769. The first-order valence-electron chi connectivity index (χ1n) is 9.15. The molecule has 0 aliphatic carbocycles. The monoisotopic (exact) mass is 468 g/mol. The zero-order valence-electron chi connectivity index (χ0n) is 16.0. The SMILES string of the molecule is CCOC1CCN(C(=O)C(CCSC)NS(=O)(=O)c2cc(Cl)ccc2Cl)CC1. The van der Waals surface area contributed by atoms with Crippen LogP contribution in [-0.4, -0.2) is 63.1 Å². The lowest BCUT2D eigenvalue weighted by molar-refractivity contribution is -0.135. The molecule has 1 fully saturated rings. The molecule has 1 atom stereocenters. The molecule has 0 bridgehead atoms. The Morgan fingerprint density at radius 3 is 2.64 bits per heavy atom. The number of sulfonamides is 1. The van der Waals surface area contributed by atoms with Gasteiger partial charge in [-0.3, -0.25) is 4.79 Å². The number of thioether (sulfide) groups is 1. The number of hydrogen-bond donors (Lipinski definition) is 1. The number of halogens is 2. The Balaban J connectivity index is 2.14. The molecule has 0 aromatic heterocycles. The summed E-state index contributed by atoms with van der Waals surface area (Å²) in [5.41, 5.74) is 0. The number of carbonyl (C=O) groups is 1. The van der Waals surface area contributed by atoms with Gasteiger partial charge < -0.3 is 9.64 Å². The van der Waals surface area contributed by atoms with E-state index in [1.54, 1.807) is 16.7 Å². The van der Waals surface area contributed by atoms with Crippen molar-refractivity contribution in [2.45, 2.75) is 43.2 Å². The molecule has 1 aromatic carbocycles. The summed E-state index contributed by atoms with van der Waals surface area (Å²) in [7, 11) is -3.99. The lowest BCUT2D eigenvalue weighted by atomic mass is 10.1. The van der Waals surface area contributed by atoms with Crippen LogP contribution in [0.5, 0.6) is 0 Å². The maximum Gasteiger partial charge on any atom is 0.242 e. The third kappa shape index (κ3) is 6.50. The number of nitrogens with one attached hydrogen (secondary N) is 1. The van der Waals surface area contributed by atoms with Gasteiger partial charge >= 0.3 is 0 Å². The molecule has 28 heavy (non-hydrogen) atoms. The number of carbonyl (C=O) groups excluding carboxylic acids is 1. The number of hydrogen-bond acceptors (Lipinski definition) is 5. The Hall–Kier alpha value is -0.510. The number of amides is 1. The van der Waals surface area contributed by atoms with Crippen molar-refractivity contribution in [2.75, 3.05) is 31.7 Å². The van der Waals surface area contributed by atoms with E-state index in [1.807, 2.05) is 13.2 Å². The molecule has 1 saturated heterocycles. The van der Waals surface area contributed by atoms with Crippen LogP contribution in [0.4, 0.5) is 0 Å². The number of rotatable bonds is 9. The first-order valence-corrected chi connectivity index (χ1v) is 12.8. The van der Waals surface area contributed by atoms with Crippen molar-refractivity contribution >= 4 is 50.9 Å². The summed E-state index contributed by atoms with van der Waals surface area (Å²) >= 11 is 13.5. The van der Waals surface area contributed by atoms with E-state index in [0.29, 0.717) is 31.9 Å². The van der Waals surface area contributed by atoms with Gasteiger partial charge in [0, 0.05) is 24.7 Å². The van der Waals surface area contributed by atoms with E-state index in [0.717, 1.165) is 12.8 Å². The fourth-order valence-electron chi connectivity index (χ4n) is 3.10. The number of nitrogens with zero attached hydrogens (tertiary/aromatic N) is 1. The summed E-state index contributed by atoms with van der Waals surface area (Å²) in [6.07, 6.45) is 3.96. The van der Waals surface area contributed by atoms with Crippen LogP contribution < -0.4 is 4.72 Å². The molecular formula is C18H26Cl2N2O4S2. The minimum atomic E-state index is -3.99. The highest BCUT2D eigenvalue weighted by Gasteiger charge is 2.32. The Morgan fingerprint density at radius 1 is 1.36 bits per heavy atom. The summed E-state index contributed by atoms with van der Waals surface area (Å²) < 4.78 is 33.9. The van der Waals surface area contributed by atoms with Crippen molar-refractivity contribution in [3.05, 3.63) is 28.2 Å². The molecule has 1 aliphatic heterocycles. The highest BCUT2D eigenvalue weighted by Crippen LogP contribution is 2.25. The standard InChI is InChI=1S/C18H26Cl2N2O4S2/c1-3-26-14-6-9-22(10-7-14)18(23)16(8-11-27-2)21-28(24,25)17-12-13(19)4-5-15(17)20/h4-5,12,14,16,21H,3,6-11H2,1-2H3. The zero-order chi connectivity index (χ0) is 20.7. The first-order chi connectivity index (χ1) is 13.3. The highest BCUT2D eigenvalue weighted by atomic mass is 35.5. The van der Waals surface area contributed by atoms with Crippen LogP contribution in [0.3, 0.4) is 0 Å². The average Bonchev–Trinajstić information content (AvgIpc) is 2.67. The minimum absolute atomic E-state index is 0.0606. The largest absolute Gasteiger partial charge is 0.378 e. The van der Waals surface area contributed by atoms with Crippen LogP contribution in [-0.2, 0) is 19.6 Å². The maximum atomic E-state index is 13.0. The van der Waals surface area contributed by atoms with Crippen molar-refractivity contribution in [3.63, 3.8) is 0 Å². The van der Waals surface area contributed by atoms with Gasteiger partial charge in [0.15, 0.2) is 0 Å². The molecule has 1 N–H and O–H groups in total. The summed E-state index contributed by atoms with van der Waals surface area (Å²) in [6, 6.07) is 3.38. The van der Waals surface area contributed by atoms with E-state index in [9.17, 15) is 13.2 Å². The molecule has 1 aliphatic rings. The normalized spacial score (nSPS) is 16.9. The second kappa shape index (κ2) is 11.0. The fourth-order valence-corrected chi connectivity index (χ4v) is 5.56. The molecular weight excluding hydrogens is 443 g/mol. The lowest BCUT2D eigenvalue weighted by Gasteiger charge is -2.34. The van der Waals surface area contributed by atoms with Crippen molar-refractivity contribution in [1.82, 2.24) is 9.62 Å². The molecule has 0 saturated carbocycles. The van der Waals surface area contributed by atoms with Crippen molar-refractivity contribution in [2.24, 2.45) is 0 Å². The summed E-state index contributed by atoms with van der Waals surface area (Å²) in [4.78, 5) is 14.6. The third-order valence-electron chi connectivity index (χ3n) is 4.54. The number of benzene rings is 1. The Kier molecular flexibility index (Phi) is 9.37. The molecule has 158 valence electrons. The number of likely N-dealkylation sites (tertiary alicyclic amines) is 1. The molecule has 6 nitrogen and oxygen atoms in total. The van der Waals surface area contributed by atoms with Gasteiger partial charge in [-0.1, -0.05) is 23.2 Å². The molecule has 1 aromatic rings. The van der Waals surface area contributed by atoms with Gasteiger partial charge in [-0.15, -0.1) is 0 Å². The lowest BCUT2D eigenvalue weighted by Crippen LogP contribution is -2.51. The first kappa shape index (κ1) is 23.8. The molecule has 1 amide bonds. The second-order valence-corrected chi connectivity index (χ2v) is 10.0. The maximum absolute atomic E-state index is 13.0. The van der Waals surface area contributed by atoms with E-state index in [4.69, 9.17) is 27.9 Å².